The van der Waals surface area contributed by atoms with Gasteiger partial charge in [-0.25, -0.2) is 15.0 Å². The Balaban J connectivity index is 1.04. The summed E-state index contributed by atoms with van der Waals surface area (Å²) < 4.78 is 9.15. The van der Waals surface area contributed by atoms with E-state index < -0.39 is 0 Å². The maximum atomic E-state index is 6.57. The van der Waals surface area contributed by atoms with Crippen LogP contribution in [0.15, 0.2) is 192 Å². The fourth-order valence-electron chi connectivity index (χ4n) is 7.80. The van der Waals surface area contributed by atoms with Crippen molar-refractivity contribution in [2.24, 2.45) is 0 Å². The second kappa shape index (κ2) is 13.3. The second-order valence-electron chi connectivity index (χ2n) is 14.0. The molecule has 8 aromatic carbocycles. The molecule has 0 unspecified atom stereocenters. The maximum Gasteiger partial charge on any atom is 0.164 e. The van der Waals surface area contributed by atoms with Gasteiger partial charge in [0, 0.05) is 53.2 Å². The lowest BCUT2D eigenvalue weighted by Gasteiger charge is -2.12. The maximum absolute atomic E-state index is 6.57. The van der Waals surface area contributed by atoms with Crippen molar-refractivity contribution in [1.82, 2.24) is 15.0 Å². The van der Waals surface area contributed by atoms with Crippen molar-refractivity contribution in [3.8, 4) is 67.5 Å². The molecule has 0 amide bonds. The fraction of sp³-hybridized carbons (Fsp3) is 0. The summed E-state index contributed by atoms with van der Waals surface area (Å²) in [4.78, 5) is 15.0. The standard InChI is InChI=1S/C51H31N3OS/c1-4-12-32(13-5-1)33-20-22-36(23-21-33)50-52-49(35-16-8-3-9-17-35)53-51(54-50)38-24-26-40-43-30-37(25-29-44(43)55-45(40)31-38)47-39(34-14-6-2-7-15-34)27-28-42-41-18-10-11-19-46(41)56-48(42)47/h1-31H. The molecule has 3 aromatic heterocycles. The summed E-state index contributed by atoms with van der Waals surface area (Å²) in [5, 5.41) is 4.68. The van der Waals surface area contributed by atoms with Gasteiger partial charge in [0.25, 0.3) is 0 Å². The molecular weight excluding hydrogens is 703 g/mol. The summed E-state index contributed by atoms with van der Waals surface area (Å²) in [6.45, 7) is 0. The van der Waals surface area contributed by atoms with Crippen molar-refractivity contribution in [1.29, 1.82) is 0 Å². The molecule has 0 aliphatic heterocycles. The van der Waals surface area contributed by atoms with Crippen LogP contribution >= 0.6 is 11.3 Å². The minimum absolute atomic E-state index is 0.591. The number of furan rings is 1. The summed E-state index contributed by atoms with van der Waals surface area (Å²) >= 11 is 1.86. The number of benzene rings is 8. The van der Waals surface area contributed by atoms with Crippen LogP contribution in [0.3, 0.4) is 0 Å². The first-order valence-corrected chi connectivity index (χ1v) is 19.5. The molecule has 0 bridgehead atoms. The van der Waals surface area contributed by atoms with Gasteiger partial charge in [-0.2, -0.15) is 0 Å². The van der Waals surface area contributed by atoms with Gasteiger partial charge < -0.3 is 4.42 Å². The molecule has 0 aliphatic rings. The first-order valence-electron chi connectivity index (χ1n) is 18.7. The predicted octanol–water partition coefficient (Wildman–Crippen LogP) is 14.1. The van der Waals surface area contributed by atoms with E-state index in [-0.39, 0.29) is 0 Å². The van der Waals surface area contributed by atoms with Crippen molar-refractivity contribution in [3.05, 3.63) is 188 Å². The topological polar surface area (TPSA) is 51.8 Å². The van der Waals surface area contributed by atoms with Gasteiger partial charge in [0.1, 0.15) is 11.2 Å². The highest BCUT2D eigenvalue weighted by atomic mass is 32.1. The van der Waals surface area contributed by atoms with Crippen molar-refractivity contribution in [3.63, 3.8) is 0 Å². The van der Waals surface area contributed by atoms with Crippen LogP contribution < -0.4 is 0 Å². The van der Waals surface area contributed by atoms with Crippen LogP contribution in [0.4, 0.5) is 0 Å². The first kappa shape index (κ1) is 32.2. The van der Waals surface area contributed by atoms with E-state index in [1.165, 1.54) is 42.4 Å². The Bertz CT molecular complexity index is 3230. The van der Waals surface area contributed by atoms with Gasteiger partial charge >= 0.3 is 0 Å². The molecule has 0 N–H and O–H groups in total. The normalized spacial score (nSPS) is 11.6. The summed E-state index contributed by atoms with van der Waals surface area (Å²) in [5.74, 6) is 1.83. The molecule has 262 valence electrons. The Hall–Kier alpha value is -7.21. The zero-order chi connectivity index (χ0) is 37.0. The minimum atomic E-state index is 0.591. The number of rotatable bonds is 6. The van der Waals surface area contributed by atoms with Crippen LogP contribution in [0.5, 0.6) is 0 Å². The van der Waals surface area contributed by atoms with Crippen LogP contribution in [-0.2, 0) is 0 Å². The van der Waals surface area contributed by atoms with E-state index in [1.807, 2.05) is 47.7 Å². The Morgan fingerprint density at radius 3 is 1.61 bits per heavy atom. The number of thiophene rings is 1. The number of fused-ring (bicyclic) bond motifs is 6. The van der Waals surface area contributed by atoms with Crippen LogP contribution in [0.25, 0.3) is 110 Å². The molecule has 0 atom stereocenters. The quantitative estimate of drug-likeness (QED) is 0.171. The lowest BCUT2D eigenvalue weighted by atomic mass is 9.92. The van der Waals surface area contributed by atoms with Gasteiger partial charge in [0.15, 0.2) is 17.5 Å². The summed E-state index contributed by atoms with van der Waals surface area (Å²) in [5.41, 5.74) is 11.5. The lowest BCUT2D eigenvalue weighted by molar-refractivity contribution is 0.669. The molecule has 0 spiro atoms. The van der Waals surface area contributed by atoms with E-state index in [2.05, 4.69) is 152 Å². The molecule has 11 rings (SSSR count). The van der Waals surface area contributed by atoms with Crippen molar-refractivity contribution < 1.29 is 4.42 Å². The Labute approximate surface area is 327 Å². The van der Waals surface area contributed by atoms with E-state index in [0.29, 0.717) is 17.5 Å². The molecule has 3 heterocycles. The highest BCUT2D eigenvalue weighted by Crippen LogP contribution is 2.46. The fourth-order valence-corrected chi connectivity index (χ4v) is 9.07. The third-order valence-electron chi connectivity index (χ3n) is 10.6. The SMILES string of the molecule is c1ccc(-c2ccc(-c3nc(-c4ccccc4)nc(-c4ccc5c(c4)oc4ccc(-c6c(-c7ccccc7)ccc7c6sc6ccccc67)cc45)n3)cc2)cc1. The number of nitrogens with zero attached hydrogens (tertiary/aromatic N) is 3. The molecule has 11 aromatic rings. The molecule has 56 heavy (non-hydrogen) atoms. The average molecular weight is 734 g/mol. The van der Waals surface area contributed by atoms with E-state index in [9.17, 15) is 0 Å². The smallest absolute Gasteiger partial charge is 0.164 e. The average Bonchev–Trinajstić information content (AvgIpc) is 3.84. The third kappa shape index (κ3) is 5.56. The van der Waals surface area contributed by atoms with Crippen molar-refractivity contribution in [2.45, 2.75) is 0 Å². The summed E-state index contributed by atoms with van der Waals surface area (Å²) in [6, 6.07) is 65.7. The van der Waals surface area contributed by atoms with Crippen LogP contribution in [0.1, 0.15) is 0 Å². The zero-order valence-electron chi connectivity index (χ0n) is 30.1. The number of hydrogen-bond acceptors (Lipinski definition) is 5. The molecule has 0 saturated heterocycles. The molecule has 5 heteroatoms. The van der Waals surface area contributed by atoms with E-state index in [1.54, 1.807) is 0 Å². The van der Waals surface area contributed by atoms with Gasteiger partial charge in [-0.3, -0.25) is 0 Å². The molecule has 0 radical (unpaired) electrons. The molecular formula is C51H31N3OS. The number of aromatic nitrogens is 3. The Morgan fingerprint density at radius 1 is 0.339 bits per heavy atom. The van der Waals surface area contributed by atoms with Gasteiger partial charge in [-0.1, -0.05) is 158 Å². The Kier molecular flexibility index (Phi) is 7.64. The van der Waals surface area contributed by atoms with Crippen molar-refractivity contribution in [2.75, 3.05) is 0 Å². The summed E-state index contributed by atoms with van der Waals surface area (Å²) in [7, 11) is 0. The van der Waals surface area contributed by atoms with Crippen LogP contribution in [0, 0.1) is 0 Å². The Morgan fingerprint density at radius 2 is 0.875 bits per heavy atom. The number of hydrogen-bond donors (Lipinski definition) is 0. The van der Waals surface area contributed by atoms with Crippen molar-refractivity contribution >= 4 is 53.4 Å². The molecule has 0 aliphatic carbocycles. The third-order valence-corrected chi connectivity index (χ3v) is 11.8. The van der Waals surface area contributed by atoms with E-state index in [0.717, 1.165) is 49.8 Å². The first-order chi connectivity index (χ1) is 27.7. The van der Waals surface area contributed by atoms with Gasteiger partial charge in [-0.05, 0) is 58.1 Å². The zero-order valence-corrected chi connectivity index (χ0v) is 30.9. The van der Waals surface area contributed by atoms with Gasteiger partial charge in [-0.15, -0.1) is 11.3 Å². The second-order valence-corrected chi connectivity index (χ2v) is 15.0. The highest BCUT2D eigenvalue weighted by molar-refractivity contribution is 7.26. The van der Waals surface area contributed by atoms with E-state index >= 15 is 0 Å². The molecule has 0 fully saturated rings. The molecule has 0 saturated carbocycles. The van der Waals surface area contributed by atoms with E-state index in [4.69, 9.17) is 19.4 Å². The molecule has 4 nitrogen and oxygen atoms in total. The predicted molar refractivity (Wildman–Crippen MR) is 233 cm³/mol. The largest absolute Gasteiger partial charge is 0.456 e. The lowest BCUT2D eigenvalue weighted by Crippen LogP contribution is -2.00. The van der Waals surface area contributed by atoms with Crippen LogP contribution in [0.2, 0.25) is 0 Å². The minimum Gasteiger partial charge on any atom is -0.456 e. The highest BCUT2D eigenvalue weighted by Gasteiger charge is 2.19. The van der Waals surface area contributed by atoms with Crippen LogP contribution in [-0.4, -0.2) is 15.0 Å². The van der Waals surface area contributed by atoms with Gasteiger partial charge in [0.05, 0.1) is 0 Å². The summed E-state index contributed by atoms with van der Waals surface area (Å²) in [6.07, 6.45) is 0. The van der Waals surface area contributed by atoms with Gasteiger partial charge in [0.2, 0.25) is 0 Å². The monoisotopic (exact) mass is 733 g/mol.